The van der Waals surface area contributed by atoms with Crippen molar-refractivity contribution in [2.75, 3.05) is 19.8 Å². The highest BCUT2D eigenvalue weighted by molar-refractivity contribution is 5.82. The van der Waals surface area contributed by atoms with Crippen LogP contribution < -0.4 is 5.32 Å². The highest BCUT2D eigenvalue weighted by Crippen LogP contribution is 2.50. The lowest BCUT2D eigenvalue weighted by Crippen LogP contribution is -2.33. The zero-order valence-electron chi connectivity index (χ0n) is 7.69. The van der Waals surface area contributed by atoms with Crippen molar-refractivity contribution in [1.29, 1.82) is 0 Å². The molecule has 1 saturated heterocycles. The van der Waals surface area contributed by atoms with E-state index in [1.165, 1.54) is 0 Å². The maximum absolute atomic E-state index is 11.4. The number of ether oxygens (including phenoxy) is 1. The van der Waals surface area contributed by atoms with Gasteiger partial charge in [0.05, 0.1) is 19.3 Å². The maximum atomic E-state index is 11.4. The second kappa shape index (κ2) is 3.27. The third-order valence-corrected chi connectivity index (χ3v) is 2.83. The summed E-state index contributed by atoms with van der Waals surface area (Å²) < 4.78 is 5.18. The highest BCUT2D eigenvalue weighted by Gasteiger charge is 2.57. The third kappa shape index (κ3) is 1.69. The summed E-state index contributed by atoms with van der Waals surface area (Å²) in [6.07, 6.45) is -0.459. The van der Waals surface area contributed by atoms with Crippen molar-refractivity contribution in [2.24, 2.45) is 17.8 Å². The molecule has 13 heavy (non-hydrogen) atoms. The molecule has 1 heterocycles. The molecule has 1 saturated carbocycles. The van der Waals surface area contributed by atoms with Crippen molar-refractivity contribution in [3.05, 3.63) is 0 Å². The second-order valence-electron chi connectivity index (χ2n) is 3.99. The number of amides is 1. The van der Waals surface area contributed by atoms with E-state index >= 15 is 0 Å². The van der Waals surface area contributed by atoms with E-state index in [1.54, 1.807) is 6.92 Å². The monoisotopic (exact) mass is 185 g/mol. The minimum Gasteiger partial charge on any atom is -0.392 e. The van der Waals surface area contributed by atoms with Crippen LogP contribution in [-0.4, -0.2) is 36.9 Å². The van der Waals surface area contributed by atoms with E-state index in [4.69, 9.17) is 9.84 Å². The molecule has 2 fully saturated rings. The molecule has 0 radical (unpaired) electrons. The van der Waals surface area contributed by atoms with Gasteiger partial charge in [0.25, 0.3) is 0 Å². The molecule has 3 atom stereocenters. The zero-order valence-corrected chi connectivity index (χ0v) is 7.69. The Labute approximate surface area is 77.3 Å². The first-order valence-electron chi connectivity index (χ1n) is 4.73. The summed E-state index contributed by atoms with van der Waals surface area (Å²) in [7, 11) is 0. The molecule has 1 aliphatic carbocycles. The first-order valence-corrected chi connectivity index (χ1v) is 4.73. The number of rotatable bonds is 3. The molecule has 2 unspecified atom stereocenters. The van der Waals surface area contributed by atoms with Crippen molar-refractivity contribution in [3.8, 4) is 0 Å². The minimum absolute atomic E-state index is 0.0826. The maximum Gasteiger partial charge on any atom is 0.223 e. The van der Waals surface area contributed by atoms with Crippen LogP contribution in [0, 0.1) is 17.8 Å². The van der Waals surface area contributed by atoms with Crippen LogP contribution in [0.5, 0.6) is 0 Å². The average molecular weight is 185 g/mol. The SMILES string of the molecule is C[C@@H](O)CNC(=O)C1C2COCC21. The number of carbonyl (C=O) groups is 1. The number of fused-ring (bicyclic) bond motifs is 1. The summed E-state index contributed by atoms with van der Waals surface area (Å²) in [6, 6.07) is 0. The number of carbonyl (C=O) groups excluding carboxylic acids is 1. The lowest BCUT2D eigenvalue weighted by Gasteiger charge is -2.08. The predicted octanol–water partition coefficient (Wildman–Crippen LogP) is -0.624. The standard InChI is InChI=1S/C9H15NO3/c1-5(11)2-10-9(12)8-6-3-13-4-7(6)8/h5-8,11H,2-4H2,1H3,(H,10,12)/t5-,6?,7?,8?/m1/s1. The predicted molar refractivity (Wildman–Crippen MR) is 46.0 cm³/mol. The molecule has 0 spiro atoms. The Kier molecular flexibility index (Phi) is 2.26. The zero-order chi connectivity index (χ0) is 9.42. The molecule has 0 bridgehead atoms. The molecule has 2 aliphatic rings. The first kappa shape index (κ1) is 8.97. The van der Waals surface area contributed by atoms with Crippen molar-refractivity contribution in [3.63, 3.8) is 0 Å². The summed E-state index contributed by atoms with van der Waals surface area (Å²) in [5, 5.41) is 11.7. The second-order valence-corrected chi connectivity index (χ2v) is 3.99. The van der Waals surface area contributed by atoms with E-state index in [2.05, 4.69) is 5.32 Å². The van der Waals surface area contributed by atoms with Gasteiger partial charge in [0.15, 0.2) is 0 Å². The molecule has 4 heteroatoms. The largest absolute Gasteiger partial charge is 0.392 e. The normalized spacial score (nSPS) is 38.2. The summed E-state index contributed by atoms with van der Waals surface area (Å²) >= 11 is 0. The Morgan fingerprint density at radius 3 is 2.77 bits per heavy atom. The van der Waals surface area contributed by atoms with Crippen LogP contribution in [0.3, 0.4) is 0 Å². The molecular weight excluding hydrogens is 170 g/mol. The molecule has 0 aromatic heterocycles. The number of aliphatic hydroxyl groups excluding tert-OH is 1. The molecule has 74 valence electrons. The fourth-order valence-corrected chi connectivity index (χ4v) is 1.99. The van der Waals surface area contributed by atoms with Gasteiger partial charge in [0, 0.05) is 12.5 Å². The molecule has 0 aromatic rings. The van der Waals surface area contributed by atoms with E-state index in [0.717, 1.165) is 13.2 Å². The fourth-order valence-electron chi connectivity index (χ4n) is 1.99. The van der Waals surface area contributed by atoms with Crippen molar-refractivity contribution >= 4 is 5.91 Å². The first-order chi connectivity index (χ1) is 6.20. The molecule has 2 rings (SSSR count). The van der Waals surface area contributed by atoms with E-state index in [9.17, 15) is 4.79 Å². The Bertz CT molecular complexity index is 207. The molecule has 0 aromatic carbocycles. The topological polar surface area (TPSA) is 58.6 Å². The summed E-state index contributed by atoms with van der Waals surface area (Å²) in [5.74, 6) is 1.15. The van der Waals surface area contributed by atoms with Gasteiger partial charge in [-0.1, -0.05) is 0 Å². The Morgan fingerprint density at radius 1 is 1.62 bits per heavy atom. The smallest absolute Gasteiger partial charge is 0.223 e. The van der Waals surface area contributed by atoms with Crippen LogP contribution in [0.1, 0.15) is 6.92 Å². The van der Waals surface area contributed by atoms with E-state index < -0.39 is 6.10 Å². The molecule has 1 aliphatic heterocycles. The van der Waals surface area contributed by atoms with Crippen LogP contribution in [0.25, 0.3) is 0 Å². The van der Waals surface area contributed by atoms with Crippen molar-refractivity contribution < 1.29 is 14.6 Å². The minimum atomic E-state index is -0.459. The van der Waals surface area contributed by atoms with Crippen LogP contribution >= 0.6 is 0 Å². The van der Waals surface area contributed by atoms with Crippen LogP contribution in [0.15, 0.2) is 0 Å². The van der Waals surface area contributed by atoms with E-state index in [-0.39, 0.29) is 11.8 Å². The summed E-state index contributed by atoms with van der Waals surface area (Å²) in [6.45, 7) is 3.49. The number of aliphatic hydroxyl groups is 1. The van der Waals surface area contributed by atoms with Crippen LogP contribution in [0.4, 0.5) is 0 Å². The average Bonchev–Trinajstić information content (AvgIpc) is 2.56. The number of nitrogens with one attached hydrogen (secondary N) is 1. The Balaban J connectivity index is 1.74. The van der Waals surface area contributed by atoms with Crippen molar-refractivity contribution in [2.45, 2.75) is 13.0 Å². The molecule has 2 N–H and O–H groups in total. The molecular formula is C9H15NO3. The highest BCUT2D eigenvalue weighted by atomic mass is 16.5. The van der Waals surface area contributed by atoms with Gasteiger partial charge in [-0.2, -0.15) is 0 Å². The van der Waals surface area contributed by atoms with Gasteiger partial charge in [-0.3, -0.25) is 4.79 Å². The van der Waals surface area contributed by atoms with Gasteiger partial charge in [0.1, 0.15) is 0 Å². The number of hydrogen-bond donors (Lipinski definition) is 2. The Hall–Kier alpha value is -0.610. The van der Waals surface area contributed by atoms with Gasteiger partial charge < -0.3 is 15.2 Å². The van der Waals surface area contributed by atoms with Crippen molar-refractivity contribution in [1.82, 2.24) is 5.32 Å². The van der Waals surface area contributed by atoms with Gasteiger partial charge in [0.2, 0.25) is 5.91 Å². The lowest BCUT2D eigenvalue weighted by atomic mass is 10.3. The van der Waals surface area contributed by atoms with Gasteiger partial charge in [-0.25, -0.2) is 0 Å². The van der Waals surface area contributed by atoms with Gasteiger partial charge in [-0.05, 0) is 18.8 Å². The molecule has 4 nitrogen and oxygen atoms in total. The van der Waals surface area contributed by atoms with Gasteiger partial charge >= 0.3 is 0 Å². The Morgan fingerprint density at radius 2 is 2.23 bits per heavy atom. The third-order valence-electron chi connectivity index (χ3n) is 2.83. The van der Waals surface area contributed by atoms with Crippen LogP contribution in [0.2, 0.25) is 0 Å². The summed E-state index contributed by atoms with van der Waals surface area (Å²) in [5.41, 5.74) is 0. The quantitative estimate of drug-likeness (QED) is 0.616. The van der Waals surface area contributed by atoms with E-state index in [0.29, 0.717) is 18.4 Å². The van der Waals surface area contributed by atoms with Gasteiger partial charge in [-0.15, -0.1) is 0 Å². The van der Waals surface area contributed by atoms with E-state index in [1.807, 2.05) is 0 Å². The molecule has 1 amide bonds. The summed E-state index contributed by atoms with van der Waals surface area (Å²) in [4.78, 5) is 11.4. The fraction of sp³-hybridized carbons (Fsp3) is 0.889. The van der Waals surface area contributed by atoms with Crippen LogP contribution in [-0.2, 0) is 9.53 Å². The number of hydrogen-bond acceptors (Lipinski definition) is 3. The lowest BCUT2D eigenvalue weighted by molar-refractivity contribution is -0.124.